The fourth-order valence-electron chi connectivity index (χ4n) is 4.44. The Morgan fingerprint density at radius 1 is 0.522 bits per heavy atom. The third-order valence-electron chi connectivity index (χ3n) is 5.43. The minimum atomic E-state index is 1.06. The molecule has 0 heteroatoms. The maximum atomic E-state index is 2.39. The van der Waals surface area contributed by atoms with E-state index in [9.17, 15) is 0 Å². The third-order valence-corrected chi connectivity index (χ3v) is 5.43. The zero-order valence-corrected chi connectivity index (χ0v) is 12.6. The van der Waals surface area contributed by atoms with Crippen LogP contribution in [-0.4, -0.2) is 0 Å². The van der Waals surface area contributed by atoms with Crippen LogP contribution in [0.1, 0.15) is 11.1 Å². The van der Waals surface area contributed by atoms with Gasteiger partial charge in [0.15, 0.2) is 0 Å². The third kappa shape index (κ3) is 1.37. The highest BCUT2D eigenvalue weighted by atomic mass is 14.2. The normalized spacial score (nSPS) is 13.0. The Balaban J connectivity index is 1.92. The van der Waals surface area contributed by atoms with Crippen LogP contribution < -0.4 is 0 Å². The van der Waals surface area contributed by atoms with E-state index in [1.165, 1.54) is 54.2 Å². The molecule has 0 saturated heterocycles. The fraction of sp³-hybridized carbons (Fsp3) is 0.0435. The van der Waals surface area contributed by atoms with Crippen LogP contribution >= 0.6 is 0 Å². The maximum Gasteiger partial charge on any atom is -0.000683 e. The summed E-state index contributed by atoms with van der Waals surface area (Å²) in [6.45, 7) is 0. The van der Waals surface area contributed by atoms with Crippen LogP contribution in [0, 0.1) is 0 Å². The highest BCUT2D eigenvalue weighted by Crippen LogP contribution is 2.43. The lowest BCUT2D eigenvalue weighted by Crippen LogP contribution is -1.86. The van der Waals surface area contributed by atoms with Gasteiger partial charge in [-0.25, -0.2) is 0 Å². The van der Waals surface area contributed by atoms with Crippen molar-refractivity contribution in [3.8, 4) is 0 Å². The number of hydrogen-bond donors (Lipinski definition) is 0. The quantitative estimate of drug-likeness (QED) is 0.231. The second kappa shape index (κ2) is 3.91. The molecule has 1 aliphatic rings. The molecule has 0 aliphatic heterocycles. The van der Waals surface area contributed by atoms with Crippen molar-refractivity contribution in [1.82, 2.24) is 0 Å². The molecule has 0 N–H and O–H groups in total. The molecule has 0 unspecified atom stereocenters. The van der Waals surface area contributed by atoms with E-state index in [4.69, 9.17) is 0 Å². The van der Waals surface area contributed by atoms with Crippen molar-refractivity contribution < 1.29 is 0 Å². The van der Waals surface area contributed by atoms with Crippen LogP contribution in [0.25, 0.3) is 43.1 Å². The lowest BCUT2D eigenvalue weighted by molar-refractivity contribution is 1.30. The first-order valence-electron chi connectivity index (χ1n) is 8.18. The van der Waals surface area contributed by atoms with Crippen molar-refractivity contribution >= 4 is 43.1 Å². The van der Waals surface area contributed by atoms with E-state index >= 15 is 0 Å². The molecular weight excluding hydrogens is 276 g/mol. The Labute approximate surface area is 134 Å². The smallest absolute Gasteiger partial charge is 0.000683 e. The predicted molar refractivity (Wildman–Crippen MR) is 99.3 cm³/mol. The van der Waals surface area contributed by atoms with Crippen LogP contribution in [0.5, 0.6) is 0 Å². The van der Waals surface area contributed by atoms with Gasteiger partial charge in [-0.1, -0.05) is 66.7 Å². The number of rotatable bonds is 0. The standard InChI is InChI=1S/C23H14/c1-2-7-18-14(4-1)10-11-19-20(18)12-17-9-8-15-5-3-6-16-13-21(19)23(17)22(15)16/h1-12H,13H2. The molecule has 0 atom stereocenters. The molecular formula is C23H14. The first kappa shape index (κ1) is 11.7. The Bertz CT molecular complexity index is 1280. The van der Waals surface area contributed by atoms with Crippen LogP contribution in [0.4, 0.5) is 0 Å². The summed E-state index contributed by atoms with van der Waals surface area (Å²) in [7, 11) is 0. The average Bonchev–Trinajstić information content (AvgIpc) is 3.00. The van der Waals surface area contributed by atoms with Gasteiger partial charge in [0.05, 0.1) is 0 Å². The molecule has 1 aliphatic carbocycles. The number of fused-ring (bicyclic) bond motifs is 4. The van der Waals surface area contributed by atoms with Crippen molar-refractivity contribution in [2.24, 2.45) is 0 Å². The summed E-state index contributed by atoms with van der Waals surface area (Å²) < 4.78 is 0. The Kier molecular flexibility index (Phi) is 1.98. The minimum absolute atomic E-state index is 1.06. The molecule has 5 aromatic rings. The summed E-state index contributed by atoms with van der Waals surface area (Å²) >= 11 is 0. The zero-order valence-electron chi connectivity index (χ0n) is 12.6. The molecule has 0 saturated carbocycles. The topological polar surface area (TPSA) is 0 Å². The van der Waals surface area contributed by atoms with E-state index in [1.807, 2.05) is 0 Å². The first-order chi connectivity index (χ1) is 11.4. The highest BCUT2D eigenvalue weighted by molar-refractivity contribution is 6.22. The number of benzene rings is 5. The van der Waals surface area contributed by atoms with Crippen molar-refractivity contribution in [2.75, 3.05) is 0 Å². The van der Waals surface area contributed by atoms with Gasteiger partial charge in [-0.15, -0.1) is 0 Å². The zero-order chi connectivity index (χ0) is 15.0. The number of hydrogen-bond acceptors (Lipinski definition) is 0. The molecule has 0 fully saturated rings. The Hall–Kier alpha value is -2.86. The summed E-state index contributed by atoms with van der Waals surface area (Å²) in [5, 5.41) is 11.2. The van der Waals surface area contributed by atoms with Gasteiger partial charge in [0.25, 0.3) is 0 Å². The molecule has 0 bridgehead atoms. The van der Waals surface area contributed by atoms with Gasteiger partial charge in [0.1, 0.15) is 0 Å². The molecule has 0 heterocycles. The van der Waals surface area contributed by atoms with E-state index < -0.39 is 0 Å². The minimum Gasteiger partial charge on any atom is -0.0616 e. The molecule has 5 aromatic carbocycles. The van der Waals surface area contributed by atoms with E-state index in [1.54, 1.807) is 0 Å². The van der Waals surface area contributed by atoms with E-state index in [0.717, 1.165) is 6.42 Å². The second-order valence-electron chi connectivity index (χ2n) is 6.59. The van der Waals surface area contributed by atoms with Crippen molar-refractivity contribution in [3.63, 3.8) is 0 Å². The molecule has 0 amide bonds. The summed E-state index contributed by atoms with van der Waals surface area (Å²) in [6.07, 6.45) is 1.06. The second-order valence-corrected chi connectivity index (χ2v) is 6.59. The van der Waals surface area contributed by atoms with Gasteiger partial charge < -0.3 is 0 Å². The monoisotopic (exact) mass is 290 g/mol. The molecule has 23 heavy (non-hydrogen) atoms. The fourth-order valence-corrected chi connectivity index (χ4v) is 4.44. The van der Waals surface area contributed by atoms with Gasteiger partial charge in [0.2, 0.25) is 0 Å². The Morgan fingerprint density at radius 3 is 2.35 bits per heavy atom. The SMILES string of the molecule is c1ccc2c(c1)ccc1c3c4c(ccc5cccc(c54)C3)cc12. The summed E-state index contributed by atoms with van der Waals surface area (Å²) in [5.74, 6) is 0. The average molecular weight is 290 g/mol. The first-order valence-corrected chi connectivity index (χ1v) is 8.18. The van der Waals surface area contributed by atoms with Gasteiger partial charge in [-0.05, 0) is 66.7 Å². The van der Waals surface area contributed by atoms with Gasteiger partial charge >= 0.3 is 0 Å². The molecule has 0 spiro atoms. The highest BCUT2D eigenvalue weighted by Gasteiger charge is 2.20. The largest absolute Gasteiger partial charge is 0.0616 e. The summed E-state index contributed by atoms with van der Waals surface area (Å²) in [5.41, 5.74) is 2.99. The van der Waals surface area contributed by atoms with Crippen molar-refractivity contribution in [1.29, 1.82) is 0 Å². The molecule has 0 radical (unpaired) electrons. The lowest BCUT2D eigenvalue weighted by atomic mass is 9.93. The van der Waals surface area contributed by atoms with E-state index in [-0.39, 0.29) is 0 Å². The van der Waals surface area contributed by atoms with Crippen molar-refractivity contribution in [3.05, 3.63) is 83.9 Å². The van der Waals surface area contributed by atoms with Crippen LogP contribution in [0.15, 0.2) is 72.8 Å². The predicted octanol–water partition coefficient (Wildman–Crippen LogP) is 6.20. The van der Waals surface area contributed by atoms with Gasteiger partial charge in [0, 0.05) is 0 Å². The molecule has 0 nitrogen and oxygen atoms in total. The Morgan fingerprint density at radius 2 is 1.35 bits per heavy atom. The van der Waals surface area contributed by atoms with E-state index in [0.29, 0.717) is 0 Å². The van der Waals surface area contributed by atoms with Gasteiger partial charge in [-0.3, -0.25) is 0 Å². The summed E-state index contributed by atoms with van der Waals surface area (Å²) in [4.78, 5) is 0. The maximum absolute atomic E-state index is 2.39. The molecule has 6 rings (SSSR count). The summed E-state index contributed by atoms with van der Waals surface area (Å²) in [6, 6.07) is 27.0. The van der Waals surface area contributed by atoms with Gasteiger partial charge in [-0.2, -0.15) is 0 Å². The lowest BCUT2D eigenvalue weighted by Gasteiger charge is -2.10. The van der Waals surface area contributed by atoms with Crippen LogP contribution in [-0.2, 0) is 6.42 Å². The molecule has 106 valence electrons. The van der Waals surface area contributed by atoms with Crippen LogP contribution in [0.2, 0.25) is 0 Å². The molecule has 0 aromatic heterocycles. The van der Waals surface area contributed by atoms with Crippen LogP contribution in [0.3, 0.4) is 0 Å². The van der Waals surface area contributed by atoms with E-state index in [2.05, 4.69) is 72.8 Å². The van der Waals surface area contributed by atoms with Crippen molar-refractivity contribution in [2.45, 2.75) is 6.42 Å².